The van der Waals surface area contributed by atoms with E-state index in [4.69, 9.17) is 9.15 Å². The number of benzene rings is 2. The molecule has 0 saturated heterocycles. The van der Waals surface area contributed by atoms with Crippen molar-refractivity contribution in [2.45, 2.75) is 30.4 Å². The van der Waals surface area contributed by atoms with Crippen LogP contribution in [0.5, 0.6) is 5.75 Å². The third-order valence-electron chi connectivity index (χ3n) is 3.96. The predicted molar refractivity (Wildman–Crippen MR) is 105 cm³/mol. The number of nitrogens with zero attached hydrogens (tertiary/aromatic N) is 2. The van der Waals surface area contributed by atoms with Gasteiger partial charge in [0.05, 0.1) is 12.4 Å². The molecule has 3 rings (SSSR count). The van der Waals surface area contributed by atoms with Crippen LogP contribution in [0.25, 0.3) is 11.5 Å². The highest BCUT2D eigenvalue weighted by molar-refractivity contribution is 8.00. The van der Waals surface area contributed by atoms with Crippen LogP contribution in [0.2, 0.25) is 0 Å². The van der Waals surface area contributed by atoms with Crippen molar-refractivity contribution < 1.29 is 13.9 Å². The lowest BCUT2D eigenvalue weighted by Gasteiger charge is -2.12. The van der Waals surface area contributed by atoms with E-state index in [1.807, 2.05) is 61.5 Å². The number of methoxy groups -OCH3 is 1. The van der Waals surface area contributed by atoms with Crippen molar-refractivity contribution in [2.24, 2.45) is 0 Å². The molecular weight excluding hydrogens is 362 g/mol. The first-order chi connectivity index (χ1) is 13.2. The van der Waals surface area contributed by atoms with Crippen LogP contribution in [0.3, 0.4) is 0 Å². The summed E-state index contributed by atoms with van der Waals surface area (Å²) in [5.74, 6) is 1.13. The maximum Gasteiger partial charge on any atom is 0.277 e. The number of aromatic nitrogens is 2. The van der Waals surface area contributed by atoms with Crippen molar-refractivity contribution in [2.75, 3.05) is 7.11 Å². The van der Waals surface area contributed by atoms with Gasteiger partial charge in [-0.05, 0) is 36.2 Å². The Morgan fingerprint density at radius 2 is 1.89 bits per heavy atom. The van der Waals surface area contributed by atoms with Crippen LogP contribution in [0.15, 0.2) is 64.2 Å². The Labute approximate surface area is 162 Å². The number of hydrogen-bond donors (Lipinski definition) is 1. The van der Waals surface area contributed by atoms with Crippen molar-refractivity contribution in [3.05, 3.63) is 60.2 Å². The highest BCUT2D eigenvalue weighted by Crippen LogP contribution is 2.28. The predicted octanol–water partition coefficient (Wildman–Crippen LogP) is 3.93. The van der Waals surface area contributed by atoms with Crippen molar-refractivity contribution >= 4 is 17.7 Å². The zero-order valence-electron chi connectivity index (χ0n) is 15.2. The highest BCUT2D eigenvalue weighted by Gasteiger charge is 2.21. The summed E-state index contributed by atoms with van der Waals surface area (Å²) in [5, 5.41) is 11.2. The first-order valence-corrected chi connectivity index (χ1v) is 9.53. The molecule has 0 fully saturated rings. The number of ether oxygens (including phenoxy) is 1. The van der Waals surface area contributed by atoms with E-state index in [1.54, 1.807) is 7.11 Å². The Morgan fingerprint density at radius 3 is 2.56 bits per heavy atom. The molecule has 2 aromatic carbocycles. The second kappa shape index (κ2) is 9.23. The molecule has 27 heavy (non-hydrogen) atoms. The van der Waals surface area contributed by atoms with E-state index in [0.717, 1.165) is 16.9 Å². The van der Waals surface area contributed by atoms with E-state index >= 15 is 0 Å². The summed E-state index contributed by atoms with van der Waals surface area (Å²) in [6, 6.07) is 17.2. The summed E-state index contributed by atoms with van der Waals surface area (Å²) < 4.78 is 10.9. The summed E-state index contributed by atoms with van der Waals surface area (Å²) in [4.78, 5) is 12.5. The molecule has 0 aliphatic carbocycles. The smallest absolute Gasteiger partial charge is 0.277 e. The lowest BCUT2D eigenvalue weighted by molar-refractivity contribution is -0.120. The van der Waals surface area contributed by atoms with E-state index in [9.17, 15) is 4.79 Å². The molecule has 0 aliphatic heterocycles. The molecule has 1 unspecified atom stereocenters. The van der Waals surface area contributed by atoms with Gasteiger partial charge in [0.2, 0.25) is 11.8 Å². The summed E-state index contributed by atoms with van der Waals surface area (Å²) >= 11 is 1.28. The van der Waals surface area contributed by atoms with Crippen molar-refractivity contribution in [3.63, 3.8) is 0 Å². The molecule has 0 radical (unpaired) electrons. The number of nitrogens with one attached hydrogen (secondary N) is 1. The summed E-state index contributed by atoms with van der Waals surface area (Å²) in [7, 11) is 1.62. The molecule has 140 valence electrons. The molecule has 7 heteroatoms. The SMILES string of the molecule is CCC(Sc1nnc(-c2ccc(OC)cc2)o1)C(=O)NCc1ccccc1. The quantitative estimate of drug-likeness (QED) is 0.594. The van der Waals surface area contributed by atoms with Gasteiger partial charge in [-0.1, -0.05) is 49.0 Å². The van der Waals surface area contributed by atoms with E-state index in [0.29, 0.717) is 24.1 Å². The molecule has 1 amide bonds. The van der Waals surface area contributed by atoms with E-state index < -0.39 is 0 Å². The maximum atomic E-state index is 12.5. The highest BCUT2D eigenvalue weighted by atomic mass is 32.2. The average molecular weight is 383 g/mol. The number of carbonyl (C=O) groups is 1. The third-order valence-corrected chi connectivity index (χ3v) is 5.16. The van der Waals surface area contributed by atoms with Gasteiger partial charge >= 0.3 is 0 Å². The van der Waals surface area contributed by atoms with Gasteiger partial charge in [0.25, 0.3) is 5.22 Å². The fourth-order valence-electron chi connectivity index (χ4n) is 2.45. The van der Waals surface area contributed by atoms with Gasteiger partial charge in [-0.2, -0.15) is 0 Å². The molecule has 6 nitrogen and oxygen atoms in total. The Bertz CT molecular complexity index is 866. The van der Waals surface area contributed by atoms with Gasteiger partial charge in [-0.3, -0.25) is 4.79 Å². The van der Waals surface area contributed by atoms with Gasteiger partial charge in [0.15, 0.2) is 0 Å². The van der Waals surface area contributed by atoms with Crippen molar-refractivity contribution in [1.82, 2.24) is 15.5 Å². The van der Waals surface area contributed by atoms with Gasteiger partial charge in [0.1, 0.15) is 5.75 Å². The van der Waals surface area contributed by atoms with Crippen LogP contribution in [-0.4, -0.2) is 28.5 Å². The van der Waals surface area contributed by atoms with E-state index in [-0.39, 0.29) is 11.2 Å². The molecule has 1 atom stereocenters. The lowest BCUT2D eigenvalue weighted by atomic mass is 10.2. The lowest BCUT2D eigenvalue weighted by Crippen LogP contribution is -2.31. The zero-order valence-corrected chi connectivity index (χ0v) is 16.0. The first kappa shape index (κ1) is 19.0. The molecule has 3 aromatic rings. The fourth-order valence-corrected chi connectivity index (χ4v) is 3.27. The van der Waals surface area contributed by atoms with Crippen LogP contribution in [0, 0.1) is 0 Å². The molecule has 0 aliphatic rings. The maximum absolute atomic E-state index is 12.5. The Kier molecular flexibility index (Phi) is 6.49. The molecule has 1 aromatic heterocycles. The number of carbonyl (C=O) groups excluding carboxylic acids is 1. The van der Waals surface area contributed by atoms with Gasteiger partial charge in [-0.25, -0.2) is 0 Å². The van der Waals surface area contributed by atoms with Crippen molar-refractivity contribution in [1.29, 1.82) is 0 Å². The normalized spacial score (nSPS) is 11.8. The average Bonchev–Trinajstić information content (AvgIpc) is 3.19. The summed E-state index contributed by atoms with van der Waals surface area (Å²) in [5.41, 5.74) is 1.86. The number of amides is 1. The molecule has 1 N–H and O–H groups in total. The molecule has 0 bridgehead atoms. The number of thioether (sulfide) groups is 1. The minimum absolute atomic E-state index is 0.0458. The van der Waals surface area contributed by atoms with Crippen LogP contribution in [0.4, 0.5) is 0 Å². The zero-order chi connectivity index (χ0) is 19.1. The Hall–Kier alpha value is -2.80. The van der Waals surface area contributed by atoms with Gasteiger partial charge in [-0.15, -0.1) is 10.2 Å². The topological polar surface area (TPSA) is 77.2 Å². The van der Waals surface area contributed by atoms with E-state index in [1.165, 1.54) is 11.8 Å². The number of hydrogen-bond acceptors (Lipinski definition) is 6. The summed E-state index contributed by atoms with van der Waals surface area (Å²) in [6.07, 6.45) is 0.658. The fraction of sp³-hybridized carbons (Fsp3) is 0.250. The minimum Gasteiger partial charge on any atom is -0.497 e. The van der Waals surface area contributed by atoms with Crippen molar-refractivity contribution in [3.8, 4) is 17.2 Å². The van der Waals surface area contributed by atoms with Crippen LogP contribution in [0.1, 0.15) is 18.9 Å². The molecular formula is C20H21N3O3S. The van der Waals surface area contributed by atoms with Gasteiger partial charge in [0, 0.05) is 12.1 Å². The molecule has 1 heterocycles. The second-order valence-corrected chi connectivity index (χ2v) is 6.97. The largest absolute Gasteiger partial charge is 0.497 e. The Balaban J connectivity index is 1.60. The minimum atomic E-state index is -0.294. The monoisotopic (exact) mass is 383 g/mol. The van der Waals surface area contributed by atoms with Crippen LogP contribution in [-0.2, 0) is 11.3 Å². The van der Waals surface area contributed by atoms with Crippen LogP contribution < -0.4 is 10.1 Å². The Morgan fingerprint density at radius 1 is 1.15 bits per heavy atom. The van der Waals surface area contributed by atoms with Crippen LogP contribution >= 0.6 is 11.8 Å². The number of rotatable bonds is 8. The molecule has 0 saturated carbocycles. The summed E-state index contributed by atoms with van der Waals surface area (Å²) in [6.45, 7) is 2.46. The first-order valence-electron chi connectivity index (χ1n) is 8.65. The molecule has 0 spiro atoms. The van der Waals surface area contributed by atoms with Gasteiger partial charge < -0.3 is 14.5 Å². The van der Waals surface area contributed by atoms with E-state index in [2.05, 4.69) is 15.5 Å². The third kappa shape index (κ3) is 5.10. The second-order valence-electron chi connectivity index (χ2n) is 5.82. The standard InChI is InChI=1S/C20H21N3O3S/c1-3-17(18(24)21-13-14-7-5-4-6-8-14)27-20-23-22-19(26-20)15-9-11-16(25-2)12-10-15/h4-12,17H,3,13H2,1-2H3,(H,21,24).